The average molecular weight is 167 g/mol. The lowest BCUT2D eigenvalue weighted by molar-refractivity contribution is 0.139. The number of ether oxygens (including phenoxy) is 1. The van der Waals surface area contributed by atoms with Crippen molar-refractivity contribution in [3.63, 3.8) is 0 Å². The lowest BCUT2D eigenvalue weighted by Gasteiger charge is -2.08. The Morgan fingerprint density at radius 1 is 1.58 bits per heavy atom. The lowest BCUT2D eigenvalue weighted by atomic mass is 10.1. The van der Waals surface area contributed by atoms with Crippen LogP contribution in [0.1, 0.15) is 18.7 Å². The number of amides is 1. The van der Waals surface area contributed by atoms with Gasteiger partial charge in [0.25, 0.3) is 0 Å². The molecule has 2 heterocycles. The molecule has 1 N–H and O–H groups in total. The van der Waals surface area contributed by atoms with Crippen molar-refractivity contribution in [1.29, 1.82) is 0 Å². The van der Waals surface area contributed by atoms with Crippen LogP contribution < -0.4 is 5.32 Å². The van der Waals surface area contributed by atoms with Gasteiger partial charge in [0.15, 0.2) is 0 Å². The van der Waals surface area contributed by atoms with Gasteiger partial charge >= 0.3 is 6.09 Å². The van der Waals surface area contributed by atoms with Crippen LogP contribution in [0.3, 0.4) is 0 Å². The topological polar surface area (TPSA) is 51.5 Å². The highest BCUT2D eigenvalue weighted by atomic mass is 16.6. The molecule has 12 heavy (non-hydrogen) atoms. The van der Waals surface area contributed by atoms with E-state index in [0.717, 1.165) is 5.76 Å². The van der Waals surface area contributed by atoms with Crippen molar-refractivity contribution in [3.8, 4) is 0 Å². The van der Waals surface area contributed by atoms with Crippen LogP contribution in [-0.4, -0.2) is 12.2 Å². The van der Waals surface area contributed by atoms with Crippen molar-refractivity contribution in [3.05, 3.63) is 24.2 Å². The molecule has 4 nitrogen and oxygen atoms in total. The zero-order valence-corrected chi connectivity index (χ0v) is 6.61. The van der Waals surface area contributed by atoms with Gasteiger partial charge < -0.3 is 14.5 Å². The summed E-state index contributed by atoms with van der Waals surface area (Å²) in [6.45, 7) is 1.82. The van der Waals surface area contributed by atoms with E-state index in [2.05, 4.69) is 5.32 Å². The number of hydrogen-bond donors (Lipinski definition) is 1. The highest BCUT2D eigenvalue weighted by molar-refractivity contribution is 5.70. The van der Waals surface area contributed by atoms with Crippen LogP contribution in [0.4, 0.5) is 4.79 Å². The summed E-state index contributed by atoms with van der Waals surface area (Å²) in [4.78, 5) is 10.8. The third-order valence-electron chi connectivity index (χ3n) is 1.89. The second kappa shape index (κ2) is 2.55. The van der Waals surface area contributed by atoms with E-state index in [1.807, 2.05) is 13.0 Å². The number of furan rings is 1. The lowest BCUT2D eigenvalue weighted by Crippen LogP contribution is -2.20. The Morgan fingerprint density at radius 2 is 2.42 bits per heavy atom. The molecule has 2 rings (SSSR count). The van der Waals surface area contributed by atoms with Crippen molar-refractivity contribution >= 4 is 6.09 Å². The van der Waals surface area contributed by atoms with Crippen molar-refractivity contribution in [2.24, 2.45) is 0 Å². The van der Waals surface area contributed by atoms with E-state index in [1.54, 1.807) is 12.3 Å². The molecule has 1 aromatic rings. The van der Waals surface area contributed by atoms with Crippen LogP contribution in [0.5, 0.6) is 0 Å². The molecule has 1 amide bonds. The van der Waals surface area contributed by atoms with Crippen molar-refractivity contribution in [2.45, 2.75) is 19.1 Å². The number of nitrogens with one attached hydrogen (secondary N) is 1. The van der Waals surface area contributed by atoms with E-state index in [9.17, 15) is 4.79 Å². The Balaban J connectivity index is 2.20. The third-order valence-corrected chi connectivity index (χ3v) is 1.89. The predicted octanol–water partition coefficient (Wildman–Crippen LogP) is 1.45. The first kappa shape index (κ1) is 7.21. The number of hydrogen-bond acceptors (Lipinski definition) is 3. The Labute approximate surface area is 69.5 Å². The molecular formula is C8H9NO3. The molecule has 1 aliphatic rings. The molecule has 1 saturated heterocycles. The van der Waals surface area contributed by atoms with Gasteiger partial charge in [-0.15, -0.1) is 0 Å². The van der Waals surface area contributed by atoms with Crippen LogP contribution in [0.2, 0.25) is 0 Å². The molecule has 0 spiro atoms. The van der Waals surface area contributed by atoms with Gasteiger partial charge in [0.1, 0.15) is 17.9 Å². The summed E-state index contributed by atoms with van der Waals surface area (Å²) in [5, 5.41) is 2.65. The minimum atomic E-state index is -0.385. The summed E-state index contributed by atoms with van der Waals surface area (Å²) >= 11 is 0. The van der Waals surface area contributed by atoms with E-state index in [-0.39, 0.29) is 18.2 Å². The highest BCUT2D eigenvalue weighted by Gasteiger charge is 2.33. The molecule has 1 aromatic heterocycles. The maximum Gasteiger partial charge on any atom is 0.408 e. The summed E-state index contributed by atoms with van der Waals surface area (Å²) in [6.07, 6.45) is 1.03. The van der Waals surface area contributed by atoms with Crippen LogP contribution in [-0.2, 0) is 4.74 Å². The maximum atomic E-state index is 10.8. The molecule has 4 heteroatoms. The summed E-state index contributed by atoms with van der Waals surface area (Å²) < 4.78 is 10.0. The smallest absolute Gasteiger partial charge is 0.408 e. The summed E-state index contributed by atoms with van der Waals surface area (Å²) in [7, 11) is 0. The van der Waals surface area contributed by atoms with Gasteiger partial charge in [-0.25, -0.2) is 4.79 Å². The predicted molar refractivity (Wildman–Crippen MR) is 40.5 cm³/mol. The number of rotatable bonds is 1. The molecule has 1 aliphatic heterocycles. The molecule has 0 aromatic carbocycles. The van der Waals surface area contributed by atoms with Gasteiger partial charge in [-0.05, 0) is 19.1 Å². The minimum absolute atomic E-state index is 0.146. The Kier molecular flexibility index (Phi) is 1.53. The van der Waals surface area contributed by atoms with Crippen LogP contribution in [0.25, 0.3) is 0 Å². The monoisotopic (exact) mass is 167 g/mol. The van der Waals surface area contributed by atoms with Crippen molar-refractivity contribution < 1.29 is 13.9 Å². The summed E-state index contributed by atoms with van der Waals surface area (Å²) in [6, 6.07) is 3.45. The number of carbonyl (C=O) groups excluding carboxylic acids is 1. The molecule has 0 saturated carbocycles. The van der Waals surface area contributed by atoms with Gasteiger partial charge in [0.05, 0.1) is 6.26 Å². The minimum Gasteiger partial charge on any atom is -0.467 e. The fourth-order valence-electron chi connectivity index (χ4n) is 1.29. The quantitative estimate of drug-likeness (QED) is 0.688. The second-order valence-electron chi connectivity index (χ2n) is 2.75. The SMILES string of the molecule is C[C@H]1OC(=O)N[C@@H]1c1ccco1. The number of carbonyl (C=O) groups is 1. The molecule has 2 atom stereocenters. The van der Waals surface area contributed by atoms with Crippen molar-refractivity contribution in [1.82, 2.24) is 5.32 Å². The maximum absolute atomic E-state index is 10.8. The first-order chi connectivity index (χ1) is 5.77. The van der Waals surface area contributed by atoms with Gasteiger partial charge in [0.2, 0.25) is 0 Å². The Morgan fingerprint density at radius 3 is 2.92 bits per heavy atom. The molecule has 64 valence electrons. The van der Waals surface area contributed by atoms with E-state index in [1.165, 1.54) is 0 Å². The first-order valence-corrected chi connectivity index (χ1v) is 3.78. The van der Waals surface area contributed by atoms with E-state index >= 15 is 0 Å². The zero-order chi connectivity index (χ0) is 8.55. The Bertz CT molecular complexity index is 281. The second-order valence-corrected chi connectivity index (χ2v) is 2.75. The summed E-state index contributed by atoms with van der Waals surface area (Å²) in [5.41, 5.74) is 0. The molecule has 0 radical (unpaired) electrons. The van der Waals surface area contributed by atoms with Crippen LogP contribution in [0, 0.1) is 0 Å². The first-order valence-electron chi connectivity index (χ1n) is 3.78. The van der Waals surface area contributed by atoms with Crippen LogP contribution >= 0.6 is 0 Å². The largest absolute Gasteiger partial charge is 0.467 e. The highest BCUT2D eigenvalue weighted by Crippen LogP contribution is 2.24. The van der Waals surface area contributed by atoms with Gasteiger partial charge in [-0.2, -0.15) is 0 Å². The molecular weight excluding hydrogens is 158 g/mol. The van der Waals surface area contributed by atoms with Gasteiger partial charge in [-0.1, -0.05) is 0 Å². The van der Waals surface area contributed by atoms with E-state index in [4.69, 9.17) is 9.15 Å². The van der Waals surface area contributed by atoms with Gasteiger partial charge in [-0.3, -0.25) is 0 Å². The number of alkyl carbamates (subject to hydrolysis) is 1. The normalized spacial score (nSPS) is 28.2. The molecule has 1 fully saturated rings. The molecule has 0 unspecified atom stereocenters. The fourth-order valence-corrected chi connectivity index (χ4v) is 1.29. The van der Waals surface area contributed by atoms with Crippen LogP contribution in [0.15, 0.2) is 22.8 Å². The van der Waals surface area contributed by atoms with Crippen molar-refractivity contribution in [2.75, 3.05) is 0 Å². The molecule has 0 aliphatic carbocycles. The fraction of sp³-hybridized carbons (Fsp3) is 0.375. The van der Waals surface area contributed by atoms with Gasteiger partial charge in [0, 0.05) is 0 Å². The Hall–Kier alpha value is -1.45. The zero-order valence-electron chi connectivity index (χ0n) is 6.61. The average Bonchev–Trinajstić information content (AvgIpc) is 2.58. The van der Waals surface area contributed by atoms with E-state index in [0.29, 0.717) is 0 Å². The molecule has 0 bridgehead atoms. The number of cyclic esters (lactones) is 1. The summed E-state index contributed by atoms with van der Waals surface area (Å²) in [5.74, 6) is 0.730. The third kappa shape index (κ3) is 1.05. The van der Waals surface area contributed by atoms with E-state index < -0.39 is 0 Å². The standard InChI is InChI=1S/C8H9NO3/c1-5-7(9-8(10)12-5)6-3-2-4-11-6/h2-5,7H,1H3,(H,9,10)/t5-,7+/m1/s1.